The number of esters is 1. The van der Waals surface area contributed by atoms with Crippen LogP contribution in [-0.4, -0.2) is 36.7 Å². The molecule has 8 rings (SSSR count). The minimum Gasteiger partial charge on any atom is -0.454 e. The van der Waals surface area contributed by atoms with Crippen molar-refractivity contribution in [2.45, 2.75) is 18.2 Å². The number of hydrogen-bond acceptors (Lipinski definition) is 7. The van der Waals surface area contributed by atoms with Crippen LogP contribution in [0.15, 0.2) is 109 Å². The zero-order valence-corrected chi connectivity index (χ0v) is 22.9. The summed E-state index contributed by atoms with van der Waals surface area (Å²) in [5.74, 6) is -2.06. The third-order valence-corrected chi connectivity index (χ3v) is 8.71. The Morgan fingerprint density at radius 1 is 0.767 bits per heavy atom. The molecule has 4 aliphatic heterocycles. The minimum absolute atomic E-state index is 0.0745. The number of imide groups is 1. The van der Waals surface area contributed by atoms with Crippen molar-refractivity contribution in [3.05, 3.63) is 126 Å². The molecule has 4 heterocycles. The molecule has 2 amide bonds. The molecule has 4 aliphatic rings. The summed E-state index contributed by atoms with van der Waals surface area (Å²) < 4.78 is 17.3. The van der Waals surface area contributed by atoms with Crippen molar-refractivity contribution in [1.29, 1.82) is 0 Å². The molecule has 0 saturated carbocycles. The minimum atomic E-state index is -1.02. The van der Waals surface area contributed by atoms with Gasteiger partial charge in [-0.3, -0.25) is 9.59 Å². The van der Waals surface area contributed by atoms with E-state index in [4.69, 9.17) is 14.2 Å². The second-order valence-corrected chi connectivity index (χ2v) is 11.0. The number of fused-ring (bicyclic) bond motifs is 6. The SMILES string of the molecule is O=C(OC(c1ccccc1)c1ccccc1)C1C2C(=O)N(c3ccc4c(c3)OCO4)C(=O)C2C2C=Cc3ccccc3N21. The van der Waals surface area contributed by atoms with E-state index in [-0.39, 0.29) is 12.7 Å². The third kappa shape index (κ3) is 3.94. The molecule has 43 heavy (non-hydrogen) atoms. The number of hydrogen-bond donors (Lipinski definition) is 0. The van der Waals surface area contributed by atoms with Crippen molar-refractivity contribution in [2.75, 3.05) is 16.6 Å². The molecule has 8 heteroatoms. The Bertz CT molecular complexity index is 1750. The number of carbonyl (C=O) groups is 3. The number of nitrogens with zero attached hydrogens (tertiary/aromatic N) is 2. The molecular weight excluding hydrogens is 544 g/mol. The van der Waals surface area contributed by atoms with E-state index in [9.17, 15) is 14.4 Å². The van der Waals surface area contributed by atoms with Gasteiger partial charge < -0.3 is 19.1 Å². The molecule has 4 atom stereocenters. The van der Waals surface area contributed by atoms with Crippen LogP contribution in [0.5, 0.6) is 11.5 Å². The summed E-state index contributed by atoms with van der Waals surface area (Å²) in [5.41, 5.74) is 3.70. The van der Waals surface area contributed by atoms with Crippen LogP contribution >= 0.6 is 0 Å². The molecule has 2 fully saturated rings. The van der Waals surface area contributed by atoms with Crippen molar-refractivity contribution in [3.8, 4) is 11.5 Å². The number of anilines is 2. The fraction of sp³-hybridized carbons (Fsp3) is 0.171. The molecule has 0 spiro atoms. The number of benzene rings is 4. The fourth-order valence-corrected chi connectivity index (χ4v) is 6.83. The molecule has 0 N–H and O–H groups in total. The summed E-state index contributed by atoms with van der Waals surface area (Å²) in [7, 11) is 0. The van der Waals surface area contributed by atoms with E-state index in [1.807, 2.05) is 102 Å². The van der Waals surface area contributed by atoms with Crippen molar-refractivity contribution < 1.29 is 28.6 Å². The predicted molar refractivity (Wildman–Crippen MR) is 158 cm³/mol. The van der Waals surface area contributed by atoms with E-state index < -0.39 is 41.9 Å². The third-order valence-electron chi connectivity index (χ3n) is 8.71. The average molecular weight is 571 g/mol. The lowest BCUT2D eigenvalue weighted by Gasteiger charge is -2.36. The topological polar surface area (TPSA) is 85.4 Å². The van der Waals surface area contributed by atoms with Gasteiger partial charge in [0, 0.05) is 11.8 Å². The normalized spacial score (nSPS) is 22.9. The smallest absolute Gasteiger partial charge is 0.330 e. The fourth-order valence-electron chi connectivity index (χ4n) is 6.83. The number of ether oxygens (including phenoxy) is 3. The highest BCUT2D eigenvalue weighted by molar-refractivity contribution is 6.24. The van der Waals surface area contributed by atoms with Crippen molar-refractivity contribution in [2.24, 2.45) is 11.8 Å². The largest absolute Gasteiger partial charge is 0.454 e. The highest BCUT2D eigenvalue weighted by Gasteiger charge is 2.65. The first-order chi connectivity index (χ1) is 21.1. The van der Waals surface area contributed by atoms with Crippen molar-refractivity contribution in [3.63, 3.8) is 0 Å². The van der Waals surface area contributed by atoms with Gasteiger partial charge in [0.05, 0.1) is 23.6 Å². The Morgan fingerprint density at radius 3 is 2.16 bits per heavy atom. The maximum Gasteiger partial charge on any atom is 0.330 e. The molecule has 4 unspecified atom stereocenters. The molecule has 0 aromatic heterocycles. The van der Waals surface area contributed by atoms with Crippen LogP contribution in [0.2, 0.25) is 0 Å². The second kappa shape index (κ2) is 9.87. The average Bonchev–Trinajstić information content (AvgIpc) is 3.73. The van der Waals surface area contributed by atoms with Crippen LogP contribution < -0.4 is 19.3 Å². The summed E-state index contributed by atoms with van der Waals surface area (Å²) in [4.78, 5) is 45.9. The van der Waals surface area contributed by atoms with Crippen LogP contribution in [-0.2, 0) is 19.1 Å². The van der Waals surface area contributed by atoms with E-state index >= 15 is 0 Å². The van der Waals surface area contributed by atoms with Gasteiger partial charge in [-0.1, -0.05) is 91.0 Å². The molecule has 212 valence electrons. The van der Waals surface area contributed by atoms with Crippen molar-refractivity contribution in [1.82, 2.24) is 0 Å². The lowest BCUT2D eigenvalue weighted by molar-refractivity contribution is -0.151. The van der Waals surface area contributed by atoms with Crippen molar-refractivity contribution >= 4 is 35.2 Å². The van der Waals surface area contributed by atoms with E-state index in [1.165, 1.54) is 4.90 Å². The summed E-state index contributed by atoms with van der Waals surface area (Å²) in [5, 5.41) is 0. The highest BCUT2D eigenvalue weighted by atomic mass is 16.7. The highest BCUT2D eigenvalue weighted by Crippen LogP contribution is 2.50. The predicted octanol–water partition coefficient (Wildman–Crippen LogP) is 5.14. The van der Waals surface area contributed by atoms with Gasteiger partial charge in [-0.05, 0) is 34.9 Å². The first-order valence-corrected chi connectivity index (χ1v) is 14.2. The van der Waals surface area contributed by atoms with E-state index in [0.29, 0.717) is 17.2 Å². The van der Waals surface area contributed by atoms with Gasteiger partial charge in [-0.25, -0.2) is 9.69 Å². The molecule has 4 aromatic rings. The zero-order chi connectivity index (χ0) is 29.1. The number of rotatable bonds is 5. The van der Waals surface area contributed by atoms with Gasteiger partial charge in [0.2, 0.25) is 18.6 Å². The summed E-state index contributed by atoms with van der Waals surface area (Å²) in [6.07, 6.45) is 3.19. The van der Waals surface area contributed by atoms with Crippen LogP contribution in [0.3, 0.4) is 0 Å². The van der Waals surface area contributed by atoms with E-state index in [1.54, 1.807) is 18.2 Å². The first kappa shape index (κ1) is 25.3. The summed E-state index contributed by atoms with van der Waals surface area (Å²) in [6, 6.07) is 30.2. The molecule has 2 saturated heterocycles. The number of amides is 2. The Labute approximate surface area is 247 Å². The first-order valence-electron chi connectivity index (χ1n) is 14.2. The molecule has 8 nitrogen and oxygen atoms in total. The molecule has 0 aliphatic carbocycles. The monoisotopic (exact) mass is 570 g/mol. The Hall–Kier alpha value is -5.37. The molecule has 0 radical (unpaired) electrons. The maximum atomic E-state index is 14.5. The van der Waals surface area contributed by atoms with Gasteiger partial charge >= 0.3 is 5.97 Å². The standard InChI is InChI=1S/C35H26N2O6/c38-33-29-26-17-15-21-9-7-8-14-25(21)37(26)31(30(29)34(39)36(33)24-16-18-27-28(19-24)42-20-41-27)35(40)43-32(22-10-3-1-4-11-22)23-12-5-2-6-13-23/h1-19,26,29-32H,20H2. The van der Waals surface area contributed by atoms with E-state index in [0.717, 1.165) is 22.4 Å². The Kier molecular flexibility index (Phi) is 5.82. The van der Waals surface area contributed by atoms with E-state index in [2.05, 4.69) is 0 Å². The zero-order valence-electron chi connectivity index (χ0n) is 22.9. The van der Waals surface area contributed by atoms with Gasteiger partial charge in [0.15, 0.2) is 17.6 Å². The lowest BCUT2D eigenvalue weighted by atomic mass is 9.88. The molecule has 4 aromatic carbocycles. The number of carbonyl (C=O) groups excluding carboxylic acids is 3. The lowest BCUT2D eigenvalue weighted by Crippen LogP contribution is -2.49. The second-order valence-electron chi connectivity index (χ2n) is 11.0. The maximum absolute atomic E-state index is 14.5. The Balaban J connectivity index is 1.21. The van der Waals surface area contributed by atoms with Gasteiger partial charge in [0.1, 0.15) is 6.04 Å². The summed E-state index contributed by atoms with van der Waals surface area (Å²) in [6.45, 7) is 0.0745. The van der Waals surface area contributed by atoms with Crippen LogP contribution in [0.4, 0.5) is 11.4 Å². The molecular formula is C35H26N2O6. The van der Waals surface area contributed by atoms with Crippen LogP contribution in [0.1, 0.15) is 22.8 Å². The Morgan fingerprint density at radius 2 is 1.42 bits per heavy atom. The molecule has 0 bridgehead atoms. The number of para-hydroxylation sites is 1. The van der Waals surface area contributed by atoms with Gasteiger partial charge in [0.25, 0.3) is 0 Å². The van der Waals surface area contributed by atoms with Gasteiger partial charge in [-0.15, -0.1) is 0 Å². The van der Waals surface area contributed by atoms with Crippen LogP contribution in [0.25, 0.3) is 6.08 Å². The van der Waals surface area contributed by atoms with Crippen LogP contribution in [0, 0.1) is 11.8 Å². The quantitative estimate of drug-likeness (QED) is 0.243. The summed E-state index contributed by atoms with van der Waals surface area (Å²) >= 11 is 0. The van der Waals surface area contributed by atoms with Gasteiger partial charge in [-0.2, -0.15) is 0 Å².